The number of carbonyl (C=O) groups is 1. The first kappa shape index (κ1) is 9.07. The van der Waals surface area contributed by atoms with Crippen LogP contribution < -0.4 is 0 Å². The van der Waals surface area contributed by atoms with Gasteiger partial charge in [0.1, 0.15) is 5.78 Å². The van der Waals surface area contributed by atoms with Crippen LogP contribution in [0.3, 0.4) is 0 Å². The van der Waals surface area contributed by atoms with Crippen molar-refractivity contribution in [2.24, 2.45) is 5.92 Å². The largest absolute Gasteiger partial charge is 0.378 e. The molecule has 1 saturated heterocycles. The number of thioether (sulfide) groups is 1. The molecule has 1 heterocycles. The number of ketones is 1. The molecule has 2 atom stereocenters. The highest BCUT2D eigenvalue weighted by Gasteiger charge is 2.29. The number of ether oxygens (including phenoxy) is 1. The summed E-state index contributed by atoms with van der Waals surface area (Å²) in [4.78, 5) is 11.4. The van der Waals surface area contributed by atoms with E-state index < -0.39 is 0 Å². The first-order chi connectivity index (χ1) is 5.25. The second-order valence-corrected chi connectivity index (χ2v) is 3.74. The predicted octanol–water partition coefficient (Wildman–Crippen LogP) is 1.34. The van der Waals surface area contributed by atoms with Gasteiger partial charge in [0.2, 0.25) is 0 Å². The minimum absolute atomic E-state index is 0.148. The van der Waals surface area contributed by atoms with Crippen molar-refractivity contribution in [2.45, 2.75) is 19.4 Å². The van der Waals surface area contributed by atoms with E-state index in [4.69, 9.17) is 4.74 Å². The zero-order chi connectivity index (χ0) is 8.27. The van der Waals surface area contributed by atoms with Gasteiger partial charge in [0.15, 0.2) is 0 Å². The van der Waals surface area contributed by atoms with E-state index in [2.05, 4.69) is 0 Å². The lowest BCUT2D eigenvalue weighted by molar-refractivity contribution is -0.121. The summed E-state index contributed by atoms with van der Waals surface area (Å²) >= 11 is 1.59. The van der Waals surface area contributed by atoms with Crippen molar-refractivity contribution in [2.75, 3.05) is 18.6 Å². The van der Waals surface area contributed by atoms with Crippen LogP contribution in [0.5, 0.6) is 0 Å². The summed E-state index contributed by atoms with van der Waals surface area (Å²) in [6.45, 7) is 2.74. The number of carbonyl (C=O) groups excluding carboxylic acids is 1. The van der Waals surface area contributed by atoms with Crippen molar-refractivity contribution in [3.05, 3.63) is 0 Å². The molecule has 2 nitrogen and oxygen atoms in total. The highest BCUT2D eigenvalue weighted by molar-refractivity contribution is 7.99. The zero-order valence-corrected chi connectivity index (χ0v) is 7.82. The van der Waals surface area contributed by atoms with Gasteiger partial charge in [-0.3, -0.25) is 4.79 Å². The molecule has 1 aliphatic rings. The Morgan fingerprint density at radius 3 is 2.91 bits per heavy atom. The molecule has 11 heavy (non-hydrogen) atoms. The first-order valence-corrected chi connectivity index (χ1v) is 5.28. The van der Waals surface area contributed by atoms with Crippen LogP contribution in [0.25, 0.3) is 0 Å². The standard InChI is InChI=1S/C8H14O2S/c1-6-7(3-4-10-6)8(9)5-11-2/h6-7H,3-5H2,1-2H3. The van der Waals surface area contributed by atoms with Gasteiger partial charge in [-0.2, -0.15) is 11.8 Å². The fourth-order valence-electron chi connectivity index (χ4n) is 1.40. The Bertz CT molecular complexity index is 147. The van der Waals surface area contributed by atoms with E-state index in [0.29, 0.717) is 11.5 Å². The van der Waals surface area contributed by atoms with Gasteiger partial charge in [-0.25, -0.2) is 0 Å². The van der Waals surface area contributed by atoms with Crippen LogP contribution in [-0.2, 0) is 9.53 Å². The number of rotatable bonds is 3. The minimum atomic E-state index is 0.148. The summed E-state index contributed by atoms with van der Waals surface area (Å²) in [7, 11) is 0. The van der Waals surface area contributed by atoms with E-state index in [0.717, 1.165) is 13.0 Å². The zero-order valence-electron chi connectivity index (χ0n) is 7.00. The van der Waals surface area contributed by atoms with Gasteiger partial charge in [0.25, 0.3) is 0 Å². The van der Waals surface area contributed by atoms with Crippen LogP contribution in [0.4, 0.5) is 0 Å². The Morgan fingerprint density at radius 1 is 1.73 bits per heavy atom. The molecule has 1 fully saturated rings. The lowest BCUT2D eigenvalue weighted by Crippen LogP contribution is -2.22. The number of Topliss-reactive ketones (excluding diaryl/α,β-unsaturated/α-hetero) is 1. The Hall–Kier alpha value is -0.0200. The molecular formula is C8H14O2S. The quantitative estimate of drug-likeness (QED) is 0.646. The molecule has 2 unspecified atom stereocenters. The third kappa shape index (κ3) is 2.20. The van der Waals surface area contributed by atoms with Crippen LogP contribution >= 0.6 is 11.8 Å². The van der Waals surface area contributed by atoms with Crippen LogP contribution in [0, 0.1) is 5.92 Å². The van der Waals surface area contributed by atoms with Crippen molar-refractivity contribution in [3.8, 4) is 0 Å². The smallest absolute Gasteiger partial charge is 0.148 e. The second kappa shape index (κ2) is 4.12. The van der Waals surface area contributed by atoms with Gasteiger partial charge in [0.05, 0.1) is 11.9 Å². The molecule has 3 heteroatoms. The number of hydrogen-bond donors (Lipinski definition) is 0. The van der Waals surface area contributed by atoms with Crippen molar-refractivity contribution < 1.29 is 9.53 Å². The highest BCUT2D eigenvalue weighted by atomic mass is 32.2. The molecule has 0 aromatic rings. The molecule has 0 aliphatic carbocycles. The van der Waals surface area contributed by atoms with E-state index in [1.54, 1.807) is 11.8 Å². The Balaban J connectivity index is 2.39. The van der Waals surface area contributed by atoms with E-state index in [1.165, 1.54) is 0 Å². The SMILES string of the molecule is CSCC(=O)C1CCOC1C. The van der Waals surface area contributed by atoms with E-state index >= 15 is 0 Å². The topological polar surface area (TPSA) is 26.3 Å². The van der Waals surface area contributed by atoms with Crippen LogP contribution in [0.15, 0.2) is 0 Å². The molecule has 0 spiro atoms. The summed E-state index contributed by atoms with van der Waals surface area (Å²) in [5.41, 5.74) is 0. The normalized spacial score (nSPS) is 30.7. The molecule has 0 N–H and O–H groups in total. The average molecular weight is 174 g/mol. The maximum Gasteiger partial charge on any atom is 0.148 e. The van der Waals surface area contributed by atoms with Gasteiger partial charge in [0, 0.05) is 12.5 Å². The van der Waals surface area contributed by atoms with Gasteiger partial charge >= 0.3 is 0 Å². The summed E-state index contributed by atoms with van der Waals surface area (Å²) in [5.74, 6) is 1.16. The Kier molecular flexibility index (Phi) is 3.40. The van der Waals surface area contributed by atoms with Gasteiger partial charge in [-0.1, -0.05) is 0 Å². The minimum Gasteiger partial charge on any atom is -0.378 e. The summed E-state index contributed by atoms with van der Waals surface area (Å²) < 4.78 is 5.30. The van der Waals surface area contributed by atoms with E-state index in [1.807, 2.05) is 13.2 Å². The van der Waals surface area contributed by atoms with E-state index in [9.17, 15) is 4.79 Å². The van der Waals surface area contributed by atoms with Crippen molar-refractivity contribution >= 4 is 17.5 Å². The maximum absolute atomic E-state index is 11.4. The molecular weight excluding hydrogens is 160 g/mol. The summed E-state index contributed by atoms with van der Waals surface area (Å²) in [6, 6.07) is 0. The third-order valence-electron chi connectivity index (χ3n) is 2.08. The molecule has 1 aliphatic heterocycles. The monoisotopic (exact) mass is 174 g/mol. The third-order valence-corrected chi connectivity index (χ3v) is 2.65. The first-order valence-electron chi connectivity index (χ1n) is 3.89. The molecule has 1 rings (SSSR count). The van der Waals surface area contributed by atoms with Gasteiger partial charge in [-0.05, 0) is 19.6 Å². The van der Waals surface area contributed by atoms with Crippen LogP contribution in [0.1, 0.15) is 13.3 Å². The van der Waals surface area contributed by atoms with Crippen molar-refractivity contribution in [3.63, 3.8) is 0 Å². The molecule has 0 saturated carbocycles. The second-order valence-electron chi connectivity index (χ2n) is 2.87. The fourth-order valence-corrected chi connectivity index (χ4v) is 1.90. The molecule has 0 aromatic carbocycles. The van der Waals surface area contributed by atoms with Crippen LogP contribution in [-0.4, -0.2) is 30.5 Å². The van der Waals surface area contributed by atoms with Crippen molar-refractivity contribution in [1.29, 1.82) is 0 Å². The van der Waals surface area contributed by atoms with Crippen LogP contribution in [0.2, 0.25) is 0 Å². The Labute approximate surface area is 71.7 Å². The molecule has 0 amide bonds. The van der Waals surface area contributed by atoms with Gasteiger partial charge < -0.3 is 4.74 Å². The van der Waals surface area contributed by atoms with Crippen molar-refractivity contribution in [1.82, 2.24) is 0 Å². The lowest BCUT2D eigenvalue weighted by Gasteiger charge is -2.10. The molecule has 0 bridgehead atoms. The van der Waals surface area contributed by atoms with E-state index in [-0.39, 0.29) is 12.0 Å². The lowest BCUT2D eigenvalue weighted by atomic mass is 9.99. The average Bonchev–Trinajstić information content (AvgIpc) is 2.36. The summed E-state index contributed by atoms with van der Waals surface area (Å²) in [6.07, 6.45) is 3.02. The molecule has 0 radical (unpaired) electrons. The number of hydrogen-bond acceptors (Lipinski definition) is 3. The Morgan fingerprint density at radius 2 is 2.45 bits per heavy atom. The molecule has 0 aromatic heterocycles. The maximum atomic E-state index is 11.4. The predicted molar refractivity (Wildman–Crippen MR) is 46.9 cm³/mol. The molecule has 64 valence electrons. The summed E-state index contributed by atoms with van der Waals surface area (Å²) in [5, 5.41) is 0. The van der Waals surface area contributed by atoms with Gasteiger partial charge in [-0.15, -0.1) is 0 Å². The fraction of sp³-hybridized carbons (Fsp3) is 0.875. The highest BCUT2D eigenvalue weighted by Crippen LogP contribution is 2.22.